The Morgan fingerprint density at radius 2 is 1.84 bits per heavy atom. The first-order chi connectivity index (χ1) is 8.92. The van der Waals surface area contributed by atoms with E-state index >= 15 is 0 Å². The number of nitrogens with one attached hydrogen (secondary N) is 1. The van der Waals surface area contributed by atoms with Crippen LogP contribution in [0.5, 0.6) is 0 Å². The molecule has 0 bridgehead atoms. The highest BCUT2D eigenvalue weighted by Gasteiger charge is 2.16. The first-order valence-corrected chi connectivity index (χ1v) is 7.68. The summed E-state index contributed by atoms with van der Waals surface area (Å²) in [5, 5.41) is 3.64. The lowest BCUT2D eigenvalue weighted by Gasteiger charge is -2.26. The molecular weight excluding hydrogens is 230 g/mol. The lowest BCUT2D eigenvalue weighted by molar-refractivity contribution is 0.476. The average molecular weight is 263 g/mol. The Morgan fingerprint density at radius 1 is 1.21 bits per heavy atom. The molecule has 1 atom stereocenters. The van der Waals surface area contributed by atoms with Crippen LogP contribution in [0.4, 0.5) is 0 Å². The Labute approximate surface area is 120 Å². The topological polar surface area (TPSA) is 12.0 Å². The van der Waals surface area contributed by atoms with E-state index in [1.54, 1.807) is 0 Å². The number of hydrogen-bond acceptors (Lipinski definition) is 1. The first kappa shape index (κ1) is 18.2. The predicted molar refractivity (Wildman–Crippen MR) is 88.5 cm³/mol. The molecule has 0 saturated carbocycles. The third-order valence-electron chi connectivity index (χ3n) is 3.32. The van der Waals surface area contributed by atoms with Gasteiger partial charge in [0, 0.05) is 12.1 Å². The standard InChI is InChI=1S/C18H33N/c1-8-10-11-12-17(9-2)13-18(19-15(5)6)16(7)14(3)4/h9,11-12,14-15,18-19H,7-8,10,13H2,1-6H3/b12-11-,17-9+. The van der Waals surface area contributed by atoms with Gasteiger partial charge < -0.3 is 5.32 Å². The number of rotatable bonds is 9. The molecule has 1 nitrogen and oxygen atoms in total. The summed E-state index contributed by atoms with van der Waals surface area (Å²) in [5.74, 6) is 0.522. The highest BCUT2D eigenvalue weighted by Crippen LogP contribution is 2.19. The molecule has 0 aliphatic heterocycles. The Balaban J connectivity index is 4.73. The van der Waals surface area contributed by atoms with Crippen molar-refractivity contribution in [3.8, 4) is 0 Å². The normalized spacial score (nSPS) is 14.6. The van der Waals surface area contributed by atoms with E-state index in [4.69, 9.17) is 0 Å². The van der Waals surface area contributed by atoms with E-state index in [-0.39, 0.29) is 0 Å². The summed E-state index contributed by atoms with van der Waals surface area (Å²) in [5.41, 5.74) is 2.70. The lowest BCUT2D eigenvalue weighted by atomic mass is 9.91. The lowest BCUT2D eigenvalue weighted by Crippen LogP contribution is -2.37. The van der Waals surface area contributed by atoms with Crippen LogP contribution in [0.3, 0.4) is 0 Å². The van der Waals surface area contributed by atoms with Gasteiger partial charge in [-0.2, -0.15) is 0 Å². The predicted octanol–water partition coefficient (Wildman–Crippen LogP) is 5.26. The largest absolute Gasteiger partial charge is 0.308 e. The van der Waals surface area contributed by atoms with Crippen LogP contribution in [0, 0.1) is 5.92 Å². The van der Waals surface area contributed by atoms with Crippen molar-refractivity contribution in [1.29, 1.82) is 0 Å². The Morgan fingerprint density at radius 3 is 2.26 bits per heavy atom. The van der Waals surface area contributed by atoms with Crippen molar-refractivity contribution in [2.24, 2.45) is 5.92 Å². The third kappa shape index (κ3) is 8.05. The highest BCUT2D eigenvalue weighted by atomic mass is 14.9. The molecule has 0 radical (unpaired) electrons. The van der Waals surface area contributed by atoms with Crippen LogP contribution in [0.1, 0.15) is 60.8 Å². The molecule has 19 heavy (non-hydrogen) atoms. The van der Waals surface area contributed by atoms with Gasteiger partial charge in [-0.1, -0.05) is 77.0 Å². The minimum absolute atomic E-state index is 0.373. The molecule has 0 rings (SSSR count). The zero-order chi connectivity index (χ0) is 14.8. The second-order valence-corrected chi connectivity index (χ2v) is 5.86. The van der Waals surface area contributed by atoms with Gasteiger partial charge in [-0.05, 0) is 25.7 Å². The van der Waals surface area contributed by atoms with Crippen molar-refractivity contribution >= 4 is 0 Å². The summed E-state index contributed by atoms with van der Waals surface area (Å²) < 4.78 is 0. The van der Waals surface area contributed by atoms with Gasteiger partial charge in [0.1, 0.15) is 0 Å². The van der Waals surface area contributed by atoms with Crippen molar-refractivity contribution in [2.75, 3.05) is 0 Å². The van der Waals surface area contributed by atoms with Gasteiger partial charge in [0.15, 0.2) is 0 Å². The van der Waals surface area contributed by atoms with Crippen LogP contribution in [0.2, 0.25) is 0 Å². The van der Waals surface area contributed by atoms with Gasteiger partial charge in [0.25, 0.3) is 0 Å². The van der Waals surface area contributed by atoms with Crippen LogP contribution in [0.15, 0.2) is 36.0 Å². The van der Waals surface area contributed by atoms with E-state index in [9.17, 15) is 0 Å². The second kappa shape index (κ2) is 10.0. The molecule has 1 heteroatoms. The first-order valence-electron chi connectivity index (χ1n) is 7.68. The summed E-state index contributed by atoms with van der Waals surface area (Å²) >= 11 is 0. The van der Waals surface area contributed by atoms with E-state index in [0.717, 1.165) is 12.8 Å². The summed E-state index contributed by atoms with van der Waals surface area (Å²) in [7, 11) is 0. The van der Waals surface area contributed by atoms with Gasteiger partial charge in [-0.15, -0.1) is 0 Å². The van der Waals surface area contributed by atoms with Gasteiger partial charge in [0.2, 0.25) is 0 Å². The summed E-state index contributed by atoms with van der Waals surface area (Å²) in [6, 6.07) is 0.857. The summed E-state index contributed by atoms with van der Waals surface area (Å²) in [4.78, 5) is 0. The molecule has 1 unspecified atom stereocenters. The molecule has 1 N–H and O–H groups in total. The quantitative estimate of drug-likeness (QED) is 0.442. The monoisotopic (exact) mass is 263 g/mol. The number of unbranched alkanes of at least 4 members (excludes halogenated alkanes) is 1. The Bertz CT molecular complexity index is 308. The Hall–Kier alpha value is -0.820. The fraction of sp³-hybridized carbons (Fsp3) is 0.667. The molecule has 0 aliphatic carbocycles. The van der Waals surface area contributed by atoms with Gasteiger partial charge in [0.05, 0.1) is 0 Å². The van der Waals surface area contributed by atoms with Crippen molar-refractivity contribution in [1.82, 2.24) is 5.32 Å². The molecule has 0 aliphatic rings. The van der Waals surface area contributed by atoms with Crippen LogP contribution in [-0.4, -0.2) is 12.1 Å². The zero-order valence-electron chi connectivity index (χ0n) is 13.8. The van der Waals surface area contributed by atoms with E-state index in [2.05, 4.69) is 71.7 Å². The SMILES string of the molecule is C=C(C(C)C)C(CC(/C=C\CCC)=C/C)NC(C)C. The van der Waals surface area contributed by atoms with Gasteiger partial charge >= 0.3 is 0 Å². The molecule has 0 amide bonds. The van der Waals surface area contributed by atoms with Crippen molar-refractivity contribution in [3.63, 3.8) is 0 Å². The summed E-state index contributed by atoms with van der Waals surface area (Å²) in [6.45, 7) is 17.4. The molecule has 0 saturated heterocycles. The highest BCUT2D eigenvalue weighted by molar-refractivity contribution is 5.23. The maximum absolute atomic E-state index is 4.28. The molecule has 0 spiro atoms. The molecule has 0 fully saturated rings. The zero-order valence-corrected chi connectivity index (χ0v) is 13.8. The smallest absolute Gasteiger partial charge is 0.0321 e. The second-order valence-electron chi connectivity index (χ2n) is 5.86. The average Bonchev–Trinajstić information content (AvgIpc) is 2.35. The fourth-order valence-electron chi connectivity index (χ4n) is 2.02. The van der Waals surface area contributed by atoms with Crippen molar-refractivity contribution in [2.45, 2.75) is 72.9 Å². The van der Waals surface area contributed by atoms with Crippen LogP contribution >= 0.6 is 0 Å². The molecule has 110 valence electrons. The van der Waals surface area contributed by atoms with Crippen LogP contribution < -0.4 is 5.32 Å². The van der Waals surface area contributed by atoms with Gasteiger partial charge in [-0.25, -0.2) is 0 Å². The van der Waals surface area contributed by atoms with E-state index in [1.807, 2.05) is 0 Å². The summed E-state index contributed by atoms with van der Waals surface area (Å²) in [6.07, 6.45) is 10.2. The molecule has 0 aromatic carbocycles. The molecule has 0 aromatic rings. The maximum atomic E-state index is 4.28. The third-order valence-corrected chi connectivity index (χ3v) is 3.32. The minimum atomic E-state index is 0.373. The molecular formula is C18H33N. The Kier molecular flexibility index (Phi) is 9.59. The van der Waals surface area contributed by atoms with Crippen LogP contribution in [-0.2, 0) is 0 Å². The number of hydrogen-bond donors (Lipinski definition) is 1. The molecule has 0 aromatic heterocycles. The van der Waals surface area contributed by atoms with Gasteiger partial charge in [-0.3, -0.25) is 0 Å². The maximum Gasteiger partial charge on any atom is 0.0321 e. The van der Waals surface area contributed by atoms with E-state index in [0.29, 0.717) is 18.0 Å². The fourth-order valence-corrected chi connectivity index (χ4v) is 2.02. The van der Waals surface area contributed by atoms with E-state index in [1.165, 1.54) is 17.6 Å². The number of allylic oxidation sites excluding steroid dienone is 3. The van der Waals surface area contributed by atoms with E-state index < -0.39 is 0 Å². The van der Waals surface area contributed by atoms with Crippen molar-refractivity contribution in [3.05, 3.63) is 36.0 Å². The van der Waals surface area contributed by atoms with Crippen LogP contribution in [0.25, 0.3) is 0 Å². The van der Waals surface area contributed by atoms with Crippen molar-refractivity contribution < 1.29 is 0 Å². The molecule has 0 heterocycles. The minimum Gasteiger partial charge on any atom is -0.308 e.